The molecule has 112 valence electrons. The minimum atomic E-state index is -0.882. The monoisotopic (exact) mass is 300 g/mol. The Morgan fingerprint density at radius 3 is 2.55 bits per heavy atom. The SMILES string of the molecule is C[C@@H](O)CN1C(=O)c2cccc3cc([N+](=O)[O-])cc(c23)C1=O. The molecule has 1 aliphatic heterocycles. The van der Waals surface area contributed by atoms with Crippen LogP contribution in [0.4, 0.5) is 5.69 Å². The van der Waals surface area contributed by atoms with Crippen LogP contribution in [0.15, 0.2) is 30.3 Å². The van der Waals surface area contributed by atoms with E-state index in [9.17, 15) is 24.8 Å². The van der Waals surface area contributed by atoms with E-state index in [-0.39, 0.29) is 17.8 Å². The highest BCUT2D eigenvalue weighted by Crippen LogP contribution is 2.33. The lowest BCUT2D eigenvalue weighted by atomic mass is 9.93. The highest BCUT2D eigenvalue weighted by molar-refractivity contribution is 6.25. The standard InChI is InChI=1S/C15H12N2O5/c1-8(18)7-16-14(19)11-4-2-3-9-5-10(17(21)22)6-12(13(9)11)15(16)20/h2-6,8,18H,7H2,1H3/t8-/m1/s1. The minimum absolute atomic E-state index is 0.111. The van der Waals surface area contributed by atoms with E-state index >= 15 is 0 Å². The molecule has 0 fully saturated rings. The zero-order valence-electron chi connectivity index (χ0n) is 11.6. The number of nitrogens with zero attached hydrogens (tertiary/aromatic N) is 2. The first kappa shape index (κ1) is 14.2. The van der Waals surface area contributed by atoms with Crippen molar-refractivity contribution in [2.24, 2.45) is 0 Å². The van der Waals surface area contributed by atoms with Crippen LogP contribution in [0.25, 0.3) is 10.8 Å². The molecule has 7 heteroatoms. The molecule has 2 aromatic rings. The van der Waals surface area contributed by atoms with Crippen LogP contribution in [0.2, 0.25) is 0 Å². The fourth-order valence-electron chi connectivity index (χ4n) is 2.68. The summed E-state index contributed by atoms with van der Waals surface area (Å²) in [6.07, 6.45) is -0.882. The van der Waals surface area contributed by atoms with Crippen molar-refractivity contribution < 1.29 is 19.6 Å². The third-order valence-corrected chi connectivity index (χ3v) is 3.57. The number of rotatable bonds is 3. The molecule has 7 nitrogen and oxygen atoms in total. The van der Waals surface area contributed by atoms with E-state index in [1.807, 2.05) is 0 Å². The number of β-amino-alcohol motifs (C(OH)–C–C–N with tert-alkyl or cyclic N) is 1. The van der Waals surface area contributed by atoms with Gasteiger partial charge in [0.2, 0.25) is 0 Å². The predicted octanol–water partition coefficient (Wildman–Crippen LogP) is 1.72. The first-order valence-corrected chi connectivity index (χ1v) is 6.65. The second-order valence-corrected chi connectivity index (χ2v) is 5.22. The van der Waals surface area contributed by atoms with Gasteiger partial charge in [-0.1, -0.05) is 12.1 Å². The molecule has 3 rings (SSSR count). The van der Waals surface area contributed by atoms with Crippen LogP contribution in [-0.4, -0.2) is 39.4 Å². The number of non-ortho nitro benzene ring substituents is 1. The number of amides is 2. The zero-order chi connectivity index (χ0) is 16.0. The van der Waals surface area contributed by atoms with E-state index in [1.54, 1.807) is 18.2 Å². The Balaban J connectivity index is 2.30. The van der Waals surface area contributed by atoms with Gasteiger partial charge in [0.15, 0.2) is 0 Å². The lowest BCUT2D eigenvalue weighted by molar-refractivity contribution is -0.384. The second-order valence-electron chi connectivity index (χ2n) is 5.22. The summed E-state index contributed by atoms with van der Waals surface area (Å²) < 4.78 is 0. The minimum Gasteiger partial charge on any atom is -0.392 e. The van der Waals surface area contributed by atoms with E-state index in [0.717, 1.165) is 4.90 Å². The average molecular weight is 300 g/mol. The molecular weight excluding hydrogens is 288 g/mol. The molecule has 0 aromatic heterocycles. The van der Waals surface area contributed by atoms with Crippen molar-refractivity contribution in [3.05, 3.63) is 51.6 Å². The Morgan fingerprint density at radius 1 is 1.23 bits per heavy atom. The molecule has 2 aromatic carbocycles. The Hall–Kier alpha value is -2.80. The molecule has 0 radical (unpaired) electrons. The second kappa shape index (κ2) is 4.88. The number of carbonyl (C=O) groups excluding carboxylic acids is 2. The van der Waals surface area contributed by atoms with E-state index in [1.165, 1.54) is 19.1 Å². The number of imide groups is 1. The highest BCUT2D eigenvalue weighted by Gasteiger charge is 2.34. The number of hydrogen-bond acceptors (Lipinski definition) is 5. The summed E-state index contributed by atoms with van der Waals surface area (Å²) in [7, 11) is 0. The largest absolute Gasteiger partial charge is 0.392 e. The van der Waals surface area contributed by atoms with Gasteiger partial charge in [-0.05, 0) is 18.4 Å². The number of carbonyl (C=O) groups is 2. The smallest absolute Gasteiger partial charge is 0.270 e. The predicted molar refractivity (Wildman–Crippen MR) is 77.7 cm³/mol. The van der Waals surface area contributed by atoms with Crippen molar-refractivity contribution in [3.63, 3.8) is 0 Å². The van der Waals surface area contributed by atoms with Gasteiger partial charge in [-0.15, -0.1) is 0 Å². The number of nitro benzene ring substituents is 1. The van der Waals surface area contributed by atoms with Gasteiger partial charge < -0.3 is 5.11 Å². The Bertz CT molecular complexity index is 828. The van der Waals surface area contributed by atoms with Gasteiger partial charge in [-0.3, -0.25) is 24.6 Å². The number of benzene rings is 2. The van der Waals surface area contributed by atoms with E-state index in [4.69, 9.17) is 0 Å². The lowest BCUT2D eigenvalue weighted by Crippen LogP contribution is -2.43. The van der Waals surface area contributed by atoms with Crippen molar-refractivity contribution in [1.29, 1.82) is 0 Å². The summed E-state index contributed by atoms with van der Waals surface area (Å²) in [5.74, 6) is -1.13. The summed E-state index contributed by atoms with van der Waals surface area (Å²) in [4.78, 5) is 36.3. The maximum atomic E-state index is 12.5. The van der Waals surface area contributed by atoms with E-state index < -0.39 is 22.8 Å². The third kappa shape index (κ3) is 2.03. The Morgan fingerprint density at radius 2 is 1.91 bits per heavy atom. The Labute approximate surface area is 124 Å². The summed E-state index contributed by atoms with van der Waals surface area (Å²) in [5.41, 5.74) is 0.210. The van der Waals surface area contributed by atoms with Gasteiger partial charge in [-0.2, -0.15) is 0 Å². The molecule has 1 aliphatic rings. The first-order valence-electron chi connectivity index (χ1n) is 6.65. The van der Waals surface area contributed by atoms with Gasteiger partial charge in [0.1, 0.15) is 0 Å². The number of hydrogen-bond donors (Lipinski definition) is 1. The summed E-state index contributed by atoms with van der Waals surface area (Å²) in [6, 6.07) is 7.32. The van der Waals surface area contributed by atoms with E-state index in [2.05, 4.69) is 0 Å². The zero-order valence-corrected chi connectivity index (χ0v) is 11.6. The molecular formula is C15H12N2O5. The molecule has 0 saturated carbocycles. The molecule has 1 heterocycles. The molecule has 22 heavy (non-hydrogen) atoms. The van der Waals surface area contributed by atoms with Crippen molar-refractivity contribution in [3.8, 4) is 0 Å². The number of aliphatic hydroxyl groups excluding tert-OH is 1. The van der Waals surface area contributed by atoms with Crippen LogP contribution < -0.4 is 0 Å². The summed E-state index contributed by atoms with van der Waals surface area (Å²) in [6.45, 7) is 1.31. The highest BCUT2D eigenvalue weighted by atomic mass is 16.6. The van der Waals surface area contributed by atoms with Crippen LogP contribution in [0.1, 0.15) is 27.6 Å². The van der Waals surface area contributed by atoms with Crippen molar-refractivity contribution >= 4 is 28.3 Å². The van der Waals surface area contributed by atoms with Crippen LogP contribution in [0, 0.1) is 10.1 Å². The van der Waals surface area contributed by atoms with Gasteiger partial charge in [0.05, 0.1) is 23.1 Å². The van der Waals surface area contributed by atoms with Crippen LogP contribution in [-0.2, 0) is 0 Å². The number of nitro groups is 1. The van der Waals surface area contributed by atoms with Crippen LogP contribution >= 0.6 is 0 Å². The molecule has 1 atom stereocenters. The Kier molecular flexibility index (Phi) is 3.14. The molecule has 0 saturated heterocycles. The molecule has 0 spiro atoms. The lowest BCUT2D eigenvalue weighted by Gasteiger charge is -2.27. The van der Waals surface area contributed by atoms with Gasteiger partial charge in [0, 0.05) is 23.1 Å². The fraction of sp³-hybridized carbons (Fsp3) is 0.200. The molecule has 0 aliphatic carbocycles. The van der Waals surface area contributed by atoms with Gasteiger partial charge >= 0.3 is 0 Å². The molecule has 2 amide bonds. The van der Waals surface area contributed by atoms with Crippen LogP contribution in [0.5, 0.6) is 0 Å². The van der Waals surface area contributed by atoms with Crippen molar-refractivity contribution in [1.82, 2.24) is 4.90 Å². The fourth-order valence-corrected chi connectivity index (χ4v) is 2.68. The average Bonchev–Trinajstić information content (AvgIpc) is 2.48. The molecule has 0 unspecified atom stereocenters. The van der Waals surface area contributed by atoms with E-state index in [0.29, 0.717) is 16.3 Å². The summed E-state index contributed by atoms with van der Waals surface area (Å²) in [5, 5.41) is 21.4. The van der Waals surface area contributed by atoms with Crippen LogP contribution in [0.3, 0.4) is 0 Å². The number of aliphatic hydroxyl groups is 1. The third-order valence-electron chi connectivity index (χ3n) is 3.57. The maximum Gasteiger partial charge on any atom is 0.270 e. The van der Waals surface area contributed by atoms with Crippen molar-refractivity contribution in [2.45, 2.75) is 13.0 Å². The normalized spacial score (nSPS) is 15.3. The van der Waals surface area contributed by atoms with Crippen molar-refractivity contribution in [2.75, 3.05) is 6.54 Å². The quantitative estimate of drug-likeness (QED) is 0.528. The summed E-state index contributed by atoms with van der Waals surface area (Å²) >= 11 is 0. The van der Waals surface area contributed by atoms with Gasteiger partial charge in [0.25, 0.3) is 17.5 Å². The first-order chi connectivity index (χ1) is 10.4. The van der Waals surface area contributed by atoms with Gasteiger partial charge in [-0.25, -0.2) is 0 Å². The molecule has 1 N–H and O–H groups in total. The maximum absolute atomic E-state index is 12.5. The molecule has 0 bridgehead atoms. The topological polar surface area (TPSA) is 101 Å².